The fourth-order valence-corrected chi connectivity index (χ4v) is 5.16. The van der Waals surface area contributed by atoms with Crippen LogP contribution in [0.3, 0.4) is 0 Å². The third-order valence-electron chi connectivity index (χ3n) is 5.16. The molecule has 2 saturated heterocycles. The van der Waals surface area contributed by atoms with Gasteiger partial charge in [0.25, 0.3) is 11.8 Å². The number of carbonyl (C=O) groups excluding carboxylic acids is 2. The average molecular weight is 386 g/mol. The zero-order valence-corrected chi connectivity index (χ0v) is 15.8. The van der Waals surface area contributed by atoms with E-state index in [2.05, 4.69) is 0 Å². The lowest BCUT2D eigenvalue weighted by Gasteiger charge is -2.43. The predicted molar refractivity (Wildman–Crippen MR) is 103 cm³/mol. The maximum absolute atomic E-state index is 12.8. The molecule has 1 aromatic carbocycles. The van der Waals surface area contributed by atoms with Gasteiger partial charge < -0.3 is 19.0 Å². The standard InChI is InChI=1S/C20H22N2O4S/c23-18(15-26-16-5-2-1-3-6-16)21-10-8-20(9-11-21)22(12-14-27-20)19(24)17-7-4-13-25-17/h1-7,13H,8-12,14-15H2. The predicted octanol–water partition coefficient (Wildman–Crippen LogP) is 2.87. The van der Waals surface area contributed by atoms with Crippen molar-refractivity contribution in [3.63, 3.8) is 0 Å². The average Bonchev–Trinajstić information content (AvgIpc) is 3.38. The number of furan rings is 1. The highest BCUT2D eigenvalue weighted by Gasteiger charge is 2.47. The molecule has 0 radical (unpaired) electrons. The Kier molecular flexibility index (Phi) is 5.11. The number of nitrogens with zero attached hydrogens (tertiary/aromatic N) is 2. The van der Waals surface area contributed by atoms with Gasteiger partial charge in [0.2, 0.25) is 0 Å². The molecule has 6 nitrogen and oxygen atoms in total. The SMILES string of the molecule is O=C(COc1ccccc1)N1CCC2(CC1)SCCN2C(=O)c1ccco1. The van der Waals surface area contributed by atoms with E-state index in [0.717, 1.165) is 25.1 Å². The van der Waals surface area contributed by atoms with Crippen molar-refractivity contribution in [1.29, 1.82) is 0 Å². The van der Waals surface area contributed by atoms with Crippen molar-refractivity contribution < 1.29 is 18.7 Å². The second-order valence-electron chi connectivity index (χ2n) is 6.71. The van der Waals surface area contributed by atoms with Gasteiger partial charge in [-0.25, -0.2) is 0 Å². The van der Waals surface area contributed by atoms with Crippen molar-refractivity contribution in [2.45, 2.75) is 17.7 Å². The largest absolute Gasteiger partial charge is 0.484 e. The van der Waals surface area contributed by atoms with Crippen LogP contribution in [0.2, 0.25) is 0 Å². The van der Waals surface area contributed by atoms with E-state index in [1.807, 2.05) is 51.9 Å². The summed E-state index contributed by atoms with van der Waals surface area (Å²) in [6.07, 6.45) is 3.06. The van der Waals surface area contributed by atoms with Crippen molar-refractivity contribution >= 4 is 23.6 Å². The number of likely N-dealkylation sites (tertiary alicyclic amines) is 1. The maximum atomic E-state index is 12.8. The van der Waals surface area contributed by atoms with Gasteiger partial charge in [-0.3, -0.25) is 9.59 Å². The summed E-state index contributed by atoms with van der Waals surface area (Å²) in [7, 11) is 0. The monoisotopic (exact) mass is 386 g/mol. The van der Waals surface area contributed by atoms with E-state index in [-0.39, 0.29) is 23.3 Å². The summed E-state index contributed by atoms with van der Waals surface area (Å²) in [4.78, 5) is 28.8. The summed E-state index contributed by atoms with van der Waals surface area (Å²) in [5.74, 6) is 1.92. The second kappa shape index (κ2) is 7.68. The number of piperidine rings is 1. The van der Waals surface area contributed by atoms with E-state index in [9.17, 15) is 9.59 Å². The normalized spacial score (nSPS) is 18.7. The Morgan fingerprint density at radius 1 is 1.07 bits per heavy atom. The van der Waals surface area contributed by atoms with Crippen LogP contribution in [0.4, 0.5) is 0 Å². The van der Waals surface area contributed by atoms with Crippen LogP contribution in [0.15, 0.2) is 53.1 Å². The molecule has 1 spiro atoms. The van der Waals surface area contributed by atoms with Crippen LogP contribution in [0.25, 0.3) is 0 Å². The molecule has 4 rings (SSSR count). The summed E-state index contributed by atoms with van der Waals surface area (Å²) in [6.45, 7) is 2.02. The molecule has 2 aromatic rings. The van der Waals surface area contributed by atoms with E-state index in [0.29, 0.717) is 24.6 Å². The number of amides is 2. The summed E-state index contributed by atoms with van der Waals surface area (Å²) in [5, 5.41) is 0. The van der Waals surface area contributed by atoms with Gasteiger partial charge in [-0.15, -0.1) is 11.8 Å². The van der Waals surface area contributed by atoms with Crippen LogP contribution in [0.5, 0.6) is 5.75 Å². The first kappa shape index (κ1) is 18.0. The fraction of sp³-hybridized carbons (Fsp3) is 0.400. The van der Waals surface area contributed by atoms with Crippen LogP contribution >= 0.6 is 11.8 Å². The second-order valence-corrected chi connectivity index (χ2v) is 8.17. The highest BCUT2D eigenvalue weighted by Crippen LogP contribution is 2.44. The maximum Gasteiger partial charge on any atom is 0.290 e. The van der Waals surface area contributed by atoms with Crippen molar-refractivity contribution in [2.75, 3.05) is 32.0 Å². The molecule has 0 atom stereocenters. The highest BCUT2D eigenvalue weighted by molar-refractivity contribution is 8.00. The third-order valence-corrected chi connectivity index (χ3v) is 6.71. The smallest absolute Gasteiger partial charge is 0.290 e. The summed E-state index contributed by atoms with van der Waals surface area (Å²) in [5.41, 5.74) is 0. The number of hydrogen-bond donors (Lipinski definition) is 0. The molecule has 0 N–H and O–H groups in total. The van der Waals surface area contributed by atoms with Crippen LogP contribution < -0.4 is 4.74 Å². The molecule has 0 bridgehead atoms. The van der Waals surface area contributed by atoms with Crippen LogP contribution in [-0.2, 0) is 4.79 Å². The Labute approximate surface area is 162 Å². The molecule has 1 aromatic heterocycles. The number of para-hydroxylation sites is 1. The van der Waals surface area contributed by atoms with Gasteiger partial charge in [0, 0.05) is 25.4 Å². The topological polar surface area (TPSA) is 63.0 Å². The summed E-state index contributed by atoms with van der Waals surface area (Å²) < 4.78 is 10.9. The van der Waals surface area contributed by atoms with Crippen LogP contribution in [0.1, 0.15) is 23.4 Å². The molecule has 7 heteroatoms. The van der Waals surface area contributed by atoms with Crippen molar-refractivity contribution in [1.82, 2.24) is 9.80 Å². The van der Waals surface area contributed by atoms with Crippen molar-refractivity contribution in [2.24, 2.45) is 0 Å². The number of benzene rings is 1. The van der Waals surface area contributed by atoms with Crippen molar-refractivity contribution in [3.05, 3.63) is 54.5 Å². The number of rotatable bonds is 4. The Bertz CT molecular complexity index is 786. The molecule has 27 heavy (non-hydrogen) atoms. The first-order chi connectivity index (χ1) is 13.2. The minimum Gasteiger partial charge on any atom is -0.484 e. The van der Waals surface area contributed by atoms with E-state index in [1.54, 1.807) is 12.1 Å². The van der Waals surface area contributed by atoms with Gasteiger partial charge in [-0.1, -0.05) is 18.2 Å². The molecular weight excluding hydrogens is 364 g/mol. The fourth-order valence-electron chi connectivity index (χ4n) is 3.70. The van der Waals surface area contributed by atoms with E-state index in [1.165, 1.54) is 6.26 Å². The minimum atomic E-state index is -0.235. The van der Waals surface area contributed by atoms with E-state index in [4.69, 9.17) is 9.15 Å². The van der Waals surface area contributed by atoms with Crippen molar-refractivity contribution in [3.8, 4) is 5.75 Å². The number of ether oxygens (including phenoxy) is 1. The number of carbonyl (C=O) groups is 2. The molecule has 2 aliphatic heterocycles. The zero-order chi connectivity index (χ0) is 18.7. The molecule has 0 aliphatic carbocycles. The quantitative estimate of drug-likeness (QED) is 0.809. The molecule has 142 valence electrons. The van der Waals surface area contributed by atoms with Crippen LogP contribution in [0, 0.1) is 0 Å². The zero-order valence-electron chi connectivity index (χ0n) is 15.0. The molecule has 2 amide bonds. The first-order valence-corrected chi connectivity index (χ1v) is 10.1. The van der Waals surface area contributed by atoms with Gasteiger partial charge in [0.05, 0.1) is 11.1 Å². The molecule has 3 heterocycles. The molecular formula is C20H22N2O4S. The van der Waals surface area contributed by atoms with Gasteiger partial charge >= 0.3 is 0 Å². The third kappa shape index (κ3) is 3.69. The first-order valence-electron chi connectivity index (χ1n) is 9.13. The lowest BCUT2D eigenvalue weighted by molar-refractivity contribution is -0.135. The lowest BCUT2D eigenvalue weighted by atomic mass is 10.0. The summed E-state index contributed by atoms with van der Waals surface area (Å²) in [6, 6.07) is 12.8. The Balaban J connectivity index is 1.35. The van der Waals surface area contributed by atoms with Gasteiger partial charge in [0.1, 0.15) is 5.75 Å². The lowest BCUT2D eigenvalue weighted by Crippen LogP contribution is -2.54. The molecule has 0 unspecified atom stereocenters. The van der Waals surface area contributed by atoms with Gasteiger partial charge in [-0.2, -0.15) is 0 Å². The number of thioether (sulfide) groups is 1. The Morgan fingerprint density at radius 2 is 1.85 bits per heavy atom. The van der Waals surface area contributed by atoms with E-state index >= 15 is 0 Å². The molecule has 2 aliphatic rings. The number of hydrogen-bond acceptors (Lipinski definition) is 5. The minimum absolute atomic E-state index is 0.0133. The summed E-state index contributed by atoms with van der Waals surface area (Å²) >= 11 is 1.82. The van der Waals surface area contributed by atoms with Crippen LogP contribution in [-0.4, -0.2) is 58.5 Å². The van der Waals surface area contributed by atoms with Gasteiger partial charge in [0.15, 0.2) is 12.4 Å². The van der Waals surface area contributed by atoms with Gasteiger partial charge in [-0.05, 0) is 37.1 Å². The van der Waals surface area contributed by atoms with E-state index < -0.39 is 0 Å². The molecule has 0 saturated carbocycles. The Morgan fingerprint density at radius 3 is 2.56 bits per heavy atom. The Hall–Kier alpha value is -2.41. The highest BCUT2D eigenvalue weighted by atomic mass is 32.2. The molecule has 2 fully saturated rings.